The normalized spacial score (nSPS) is 20.1. The number of rotatable bonds is 1. The highest BCUT2D eigenvalue weighted by Crippen LogP contribution is 2.50. The molecular formula is C17H19N3. The largest absolute Gasteiger partial charge is 0.309 e. The van der Waals surface area contributed by atoms with Crippen molar-refractivity contribution in [2.24, 2.45) is 0 Å². The van der Waals surface area contributed by atoms with Crippen molar-refractivity contribution in [1.29, 1.82) is 0 Å². The first-order valence-corrected chi connectivity index (χ1v) is 7.53. The second-order valence-electron chi connectivity index (χ2n) is 5.99. The Labute approximate surface area is 119 Å². The van der Waals surface area contributed by atoms with Gasteiger partial charge in [-0.3, -0.25) is 0 Å². The Hall–Kier alpha value is -1.90. The molecule has 1 aromatic carbocycles. The molecular weight excluding hydrogens is 246 g/mol. The monoisotopic (exact) mass is 265 g/mol. The molecule has 4 rings (SSSR count). The number of aromatic nitrogens is 2. The zero-order valence-corrected chi connectivity index (χ0v) is 11.6. The van der Waals surface area contributed by atoms with Crippen molar-refractivity contribution >= 4 is 11.6 Å². The van der Waals surface area contributed by atoms with Crippen LogP contribution in [0.3, 0.4) is 0 Å². The Morgan fingerprint density at radius 1 is 0.900 bits per heavy atom. The zero-order chi connectivity index (χ0) is 13.4. The van der Waals surface area contributed by atoms with Gasteiger partial charge in [0, 0.05) is 30.0 Å². The Morgan fingerprint density at radius 3 is 2.45 bits per heavy atom. The number of hydrogen-bond donors (Lipinski definition) is 0. The summed E-state index contributed by atoms with van der Waals surface area (Å²) in [6, 6.07) is 10.7. The van der Waals surface area contributed by atoms with Gasteiger partial charge in [0.05, 0.1) is 0 Å². The van der Waals surface area contributed by atoms with Gasteiger partial charge in [-0.1, -0.05) is 37.5 Å². The van der Waals surface area contributed by atoms with Crippen molar-refractivity contribution < 1.29 is 0 Å². The van der Waals surface area contributed by atoms with E-state index in [0.29, 0.717) is 5.41 Å². The van der Waals surface area contributed by atoms with Crippen LogP contribution in [-0.2, 0) is 5.41 Å². The molecule has 0 N–H and O–H groups in total. The second kappa shape index (κ2) is 4.58. The van der Waals surface area contributed by atoms with E-state index in [1.165, 1.54) is 43.4 Å². The summed E-state index contributed by atoms with van der Waals surface area (Å²) in [7, 11) is 0. The molecule has 0 unspecified atom stereocenters. The summed E-state index contributed by atoms with van der Waals surface area (Å²) < 4.78 is 0. The van der Waals surface area contributed by atoms with Crippen LogP contribution in [-0.4, -0.2) is 16.5 Å². The quantitative estimate of drug-likeness (QED) is 0.784. The summed E-state index contributed by atoms with van der Waals surface area (Å²) in [5.41, 5.74) is 3.14. The van der Waals surface area contributed by atoms with Crippen LogP contribution in [0.2, 0.25) is 0 Å². The van der Waals surface area contributed by atoms with Gasteiger partial charge in [0.25, 0.3) is 0 Å². The van der Waals surface area contributed by atoms with Gasteiger partial charge in [-0.15, -0.1) is 0 Å². The minimum absolute atomic E-state index is 0.327. The molecule has 0 bridgehead atoms. The molecule has 1 aromatic heterocycles. The van der Waals surface area contributed by atoms with Crippen LogP contribution in [0.15, 0.2) is 42.7 Å². The molecule has 1 aliphatic heterocycles. The number of benzene rings is 1. The van der Waals surface area contributed by atoms with Gasteiger partial charge in [0.15, 0.2) is 0 Å². The molecule has 0 radical (unpaired) electrons. The minimum Gasteiger partial charge on any atom is -0.309 e. The molecule has 2 aliphatic rings. The van der Waals surface area contributed by atoms with E-state index in [9.17, 15) is 0 Å². The lowest BCUT2D eigenvalue weighted by molar-refractivity contribution is 0.313. The van der Waals surface area contributed by atoms with Crippen LogP contribution in [0, 0.1) is 0 Å². The molecule has 0 saturated heterocycles. The van der Waals surface area contributed by atoms with Crippen LogP contribution >= 0.6 is 0 Å². The van der Waals surface area contributed by atoms with Gasteiger partial charge in [-0.2, -0.15) is 0 Å². The summed E-state index contributed by atoms with van der Waals surface area (Å²) in [5.74, 6) is 0.836. The average molecular weight is 265 g/mol. The molecule has 1 spiro atoms. The fourth-order valence-corrected chi connectivity index (χ4v) is 3.90. The molecule has 2 aromatic rings. The molecule has 1 fully saturated rings. The van der Waals surface area contributed by atoms with Crippen LogP contribution < -0.4 is 4.90 Å². The first-order chi connectivity index (χ1) is 9.89. The van der Waals surface area contributed by atoms with Gasteiger partial charge in [-0.25, -0.2) is 9.97 Å². The number of anilines is 2. The van der Waals surface area contributed by atoms with Crippen molar-refractivity contribution in [3.8, 4) is 0 Å². The lowest BCUT2D eigenvalue weighted by Crippen LogP contribution is -2.34. The maximum atomic E-state index is 4.45. The molecule has 20 heavy (non-hydrogen) atoms. The van der Waals surface area contributed by atoms with Gasteiger partial charge in [0.2, 0.25) is 5.95 Å². The smallest absolute Gasteiger partial charge is 0.229 e. The van der Waals surface area contributed by atoms with Gasteiger partial charge in [-0.05, 0) is 30.5 Å². The fraction of sp³-hybridized carbons (Fsp3) is 0.412. The fourth-order valence-electron chi connectivity index (χ4n) is 3.90. The summed E-state index contributed by atoms with van der Waals surface area (Å²) in [6.07, 6.45) is 10.3. The van der Waals surface area contributed by atoms with Crippen LogP contribution in [0.4, 0.5) is 11.6 Å². The van der Waals surface area contributed by atoms with Gasteiger partial charge in [0.1, 0.15) is 0 Å². The number of fused-ring (bicyclic) bond motifs is 2. The van der Waals surface area contributed by atoms with E-state index < -0.39 is 0 Å². The highest BCUT2D eigenvalue weighted by atomic mass is 15.3. The topological polar surface area (TPSA) is 29.0 Å². The van der Waals surface area contributed by atoms with Gasteiger partial charge < -0.3 is 4.90 Å². The SMILES string of the molecule is c1cnc(N2CC3(CCCCC3)c3ccccc32)nc1. The lowest BCUT2D eigenvalue weighted by Gasteiger charge is -2.34. The Kier molecular flexibility index (Phi) is 2.72. The minimum atomic E-state index is 0.327. The number of para-hydroxylation sites is 1. The van der Waals surface area contributed by atoms with Gasteiger partial charge >= 0.3 is 0 Å². The van der Waals surface area contributed by atoms with E-state index in [-0.39, 0.29) is 0 Å². The molecule has 3 heteroatoms. The van der Waals surface area contributed by atoms with Crippen LogP contribution in [0.25, 0.3) is 0 Å². The molecule has 0 atom stereocenters. The standard InChI is InChI=1S/C17H19N3/c1-4-9-17(10-5-1)13-20(16-18-11-6-12-19-16)15-8-3-2-7-14(15)17/h2-3,6-8,11-12H,1,4-5,9-10,13H2. The zero-order valence-electron chi connectivity index (χ0n) is 11.6. The van der Waals surface area contributed by atoms with E-state index in [2.05, 4.69) is 39.1 Å². The summed E-state index contributed by atoms with van der Waals surface area (Å²) >= 11 is 0. The molecule has 3 nitrogen and oxygen atoms in total. The highest BCUT2D eigenvalue weighted by Gasteiger charge is 2.43. The number of nitrogens with zero attached hydrogens (tertiary/aromatic N) is 3. The van der Waals surface area contributed by atoms with Crippen molar-refractivity contribution in [2.45, 2.75) is 37.5 Å². The molecule has 1 saturated carbocycles. The van der Waals surface area contributed by atoms with Crippen molar-refractivity contribution in [2.75, 3.05) is 11.4 Å². The Balaban J connectivity index is 1.81. The molecule has 0 amide bonds. The maximum absolute atomic E-state index is 4.45. The summed E-state index contributed by atoms with van der Waals surface area (Å²) in [6.45, 7) is 1.04. The highest BCUT2D eigenvalue weighted by molar-refractivity contribution is 5.69. The summed E-state index contributed by atoms with van der Waals surface area (Å²) in [5, 5.41) is 0. The van der Waals surface area contributed by atoms with Crippen molar-refractivity contribution in [1.82, 2.24) is 9.97 Å². The van der Waals surface area contributed by atoms with E-state index in [4.69, 9.17) is 0 Å². The lowest BCUT2D eigenvalue weighted by atomic mass is 9.71. The predicted molar refractivity (Wildman–Crippen MR) is 80.2 cm³/mol. The third-order valence-corrected chi connectivity index (χ3v) is 4.83. The van der Waals surface area contributed by atoms with E-state index >= 15 is 0 Å². The third-order valence-electron chi connectivity index (χ3n) is 4.83. The molecule has 2 heterocycles. The summed E-state index contributed by atoms with van der Waals surface area (Å²) in [4.78, 5) is 11.2. The van der Waals surface area contributed by atoms with E-state index in [1.54, 1.807) is 0 Å². The first kappa shape index (κ1) is 11.9. The van der Waals surface area contributed by atoms with Crippen LogP contribution in [0.5, 0.6) is 0 Å². The second-order valence-corrected chi connectivity index (χ2v) is 5.99. The van der Waals surface area contributed by atoms with Crippen LogP contribution in [0.1, 0.15) is 37.7 Å². The van der Waals surface area contributed by atoms with E-state index in [1.807, 2.05) is 18.5 Å². The predicted octanol–water partition coefficient (Wildman–Crippen LogP) is 3.83. The van der Waals surface area contributed by atoms with E-state index in [0.717, 1.165) is 12.5 Å². The Bertz CT molecular complexity index is 603. The maximum Gasteiger partial charge on any atom is 0.229 e. The Morgan fingerprint density at radius 2 is 1.65 bits per heavy atom. The third kappa shape index (κ3) is 1.73. The number of hydrogen-bond acceptors (Lipinski definition) is 3. The average Bonchev–Trinajstić information content (AvgIpc) is 2.84. The molecule has 102 valence electrons. The van der Waals surface area contributed by atoms with Crippen molar-refractivity contribution in [3.63, 3.8) is 0 Å². The first-order valence-electron chi connectivity index (χ1n) is 7.53. The van der Waals surface area contributed by atoms with Crippen molar-refractivity contribution in [3.05, 3.63) is 48.3 Å². The molecule has 1 aliphatic carbocycles.